The van der Waals surface area contributed by atoms with Gasteiger partial charge in [0.25, 0.3) is 0 Å². The molecular weight excluding hydrogens is 331 g/mol. The van der Waals surface area contributed by atoms with Crippen molar-refractivity contribution in [3.05, 3.63) is 83.2 Å². The number of hydrogen-bond acceptors (Lipinski definition) is 3. The van der Waals surface area contributed by atoms with Crippen LogP contribution in [-0.4, -0.2) is 32.6 Å². The van der Waals surface area contributed by atoms with Gasteiger partial charge in [0.05, 0.1) is 6.54 Å². The van der Waals surface area contributed by atoms with Gasteiger partial charge in [0, 0.05) is 19.9 Å². The Morgan fingerprint density at radius 2 is 1.81 bits per heavy atom. The van der Waals surface area contributed by atoms with Crippen LogP contribution in [0.5, 0.6) is 0 Å². The Kier molecular flexibility index (Phi) is 4.24. The molecule has 0 aliphatic carbocycles. The largest absolute Gasteiger partial charge is 0.336 e. The fraction of sp³-hybridized carbons (Fsp3) is 0.250. The van der Waals surface area contributed by atoms with E-state index in [4.69, 9.17) is 0 Å². The molecule has 1 aromatic heterocycles. The van der Waals surface area contributed by atoms with E-state index in [2.05, 4.69) is 10.2 Å². The molecule has 0 fully saturated rings. The van der Waals surface area contributed by atoms with Gasteiger partial charge in [0.15, 0.2) is 5.82 Å². The highest BCUT2D eigenvalue weighted by Gasteiger charge is 2.34. The molecule has 0 saturated heterocycles. The molecule has 6 heteroatoms. The lowest BCUT2D eigenvalue weighted by atomic mass is 10.0. The normalized spacial score (nSPS) is 16.6. The smallest absolute Gasteiger partial charge is 0.246 e. The van der Waals surface area contributed by atoms with Gasteiger partial charge >= 0.3 is 0 Å². The third-order valence-electron chi connectivity index (χ3n) is 4.77. The molecule has 4 rings (SSSR count). The number of amides is 1. The molecule has 0 radical (unpaired) electrons. The maximum absolute atomic E-state index is 14.1. The first-order chi connectivity index (χ1) is 12.6. The molecule has 1 amide bonds. The summed E-state index contributed by atoms with van der Waals surface area (Å²) in [5.41, 5.74) is 1.62. The molecule has 0 bridgehead atoms. The average Bonchev–Trinajstić information content (AvgIpc) is 3.04. The number of halogens is 1. The van der Waals surface area contributed by atoms with Crippen LogP contribution < -0.4 is 0 Å². The van der Waals surface area contributed by atoms with Gasteiger partial charge in [-0.15, -0.1) is 10.2 Å². The van der Waals surface area contributed by atoms with Crippen molar-refractivity contribution in [2.75, 3.05) is 7.05 Å². The molecule has 0 spiro atoms. The molecule has 0 N–H and O–H groups in total. The minimum atomic E-state index is -0.414. The Hall–Kier alpha value is -3.02. The molecule has 1 aliphatic heterocycles. The number of rotatable bonds is 4. The van der Waals surface area contributed by atoms with Crippen molar-refractivity contribution < 1.29 is 9.18 Å². The Labute approximate surface area is 151 Å². The van der Waals surface area contributed by atoms with Gasteiger partial charge in [-0.1, -0.05) is 48.5 Å². The van der Waals surface area contributed by atoms with Crippen molar-refractivity contribution in [3.8, 4) is 0 Å². The summed E-state index contributed by atoms with van der Waals surface area (Å²) in [7, 11) is 1.77. The Morgan fingerprint density at radius 3 is 2.58 bits per heavy atom. The van der Waals surface area contributed by atoms with Crippen LogP contribution in [0.4, 0.5) is 4.39 Å². The first kappa shape index (κ1) is 16.4. The van der Waals surface area contributed by atoms with Gasteiger partial charge in [-0.05, 0) is 17.2 Å². The standard InChI is InChI=1S/C20H19FN4O/c1-24-13-19-23-22-18(12-15-9-5-6-10-16(15)21)25(19)17(20(24)26)11-14-7-3-2-4-8-14/h2-10,17H,11-13H2,1H3/t17-/m0/s1. The third-order valence-corrected chi connectivity index (χ3v) is 4.77. The molecular formula is C20H19FN4O. The number of carbonyl (C=O) groups excluding carboxylic acids is 1. The van der Waals surface area contributed by atoms with Crippen LogP contribution in [0.25, 0.3) is 0 Å². The molecule has 26 heavy (non-hydrogen) atoms. The lowest BCUT2D eigenvalue weighted by Gasteiger charge is -2.31. The van der Waals surface area contributed by atoms with Gasteiger partial charge < -0.3 is 9.47 Å². The van der Waals surface area contributed by atoms with Crippen molar-refractivity contribution >= 4 is 5.91 Å². The molecule has 1 aliphatic rings. The maximum atomic E-state index is 14.1. The highest BCUT2D eigenvalue weighted by molar-refractivity contribution is 5.81. The fourth-order valence-corrected chi connectivity index (χ4v) is 3.43. The minimum Gasteiger partial charge on any atom is -0.336 e. The summed E-state index contributed by atoms with van der Waals surface area (Å²) in [6.07, 6.45) is 0.862. The zero-order valence-electron chi connectivity index (χ0n) is 14.5. The summed E-state index contributed by atoms with van der Waals surface area (Å²) >= 11 is 0. The molecule has 2 aromatic carbocycles. The van der Waals surface area contributed by atoms with Gasteiger partial charge in [0.2, 0.25) is 5.91 Å². The van der Waals surface area contributed by atoms with Crippen molar-refractivity contribution in [1.82, 2.24) is 19.7 Å². The molecule has 0 unspecified atom stereocenters. The molecule has 132 valence electrons. The molecule has 5 nitrogen and oxygen atoms in total. The van der Waals surface area contributed by atoms with E-state index >= 15 is 0 Å². The first-order valence-electron chi connectivity index (χ1n) is 8.58. The topological polar surface area (TPSA) is 51.0 Å². The third kappa shape index (κ3) is 2.98. The number of fused-ring (bicyclic) bond motifs is 1. The molecule has 3 aromatic rings. The lowest BCUT2D eigenvalue weighted by molar-refractivity contribution is -0.136. The summed E-state index contributed by atoms with van der Waals surface area (Å²) in [4.78, 5) is 14.5. The van der Waals surface area contributed by atoms with E-state index in [0.717, 1.165) is 11.4 Å². The highest BCUT2D eigenvalue weighted by Crippen LogP contribution is 2.27. The summed E-state index contributed by atoms with van der Waals surface area (Å²) in [5, 5.41) is 8.52. The number of nitrogens with zero attached hydrogens (tertiary/aromatic N) is 4. The zero-order valence-corrected chi connectivity index (χ0v) is 14.5. The van der Waals surface area contributed by atoms with E-state index in [-0.39, 0.29) is 11.7 Å². The number of hydrogen-bond donors (Lipinski definition) is 0. The van der Waals surface area contributed by atoms with Crippen LogP contribution in [0.15, 0.2) is 54.6 Å². The van der Waals surface area contributed by atoms with Crippen molar-refractivity contribution in [3.63, 3.8) is 0 Å². The Morgan fingerprint density at radius 1 is 1.08 bits per heavy atom. The fourth-order valence-electron chi connectivity index (χ4n) is 3.43. The first-order valence-corrected chi connectivity index (χ1v) is 8.58. The monoisotopic (exact) mass is 350 g/mol. The number of benzene rings is 2. The SMILES string of the molecule is CN1Cc2nnc(Cc3ccccc3F)n2[C@@H](Cc2ccccc2)C1=O. The lowest BCUT2D eigenvalue weighted by Crippen LogP contribution is -2.42. The Bertz CT molecular complexity index is 938. The van der Waals surface area contributed by atoms with Crippen LogP contribution in [0.3, 0.4) is 0 Å². The van der Waals surface area contributed by atoms with Crippen LogP contribution >= 0.6 is 0 Å². The van der Waals surface area contributed by atoms with Crippen molar-refractivity contribution in [1.29, 1.82) is 0 Å². The van der Waals surface area contributed by atoms with Gasteiger partial charge in [-0.25, -0.2) is 4.39 Å². The highest BCUT2D eigenvalue weighted by atomic mass is 19.1. The second kappa shape index (κ2) is 6.71. The van der Waals surface area contributed by atoms with E-state index < -0.39 is 6.04 Å². The number of carbonyl (C=O) groups is 1. The number of aromatic nitrogens is 3. The minimum absolute atomic E-state index is 0.0240. The van der Waals surface area contributed by atoms with Crippen LogP contribution in [0.1, 0.15) is 28.8 Å². The summed E-state index contributed by atoms with van der Waals surface area (Å²) in [6.45, 7) is 0.411. The van der Waals surface area contributed by atoms with E-state index in [9.17, 15) is 9.18 Å². The molecule has 1 atom stereocenters. The molecule has 0 saturated carbocycles. The van der Waals surface area contributed by atoms with E-state index in [1.165, 1.54) is 6.07 Å². The average molecular weight is 350 g/mol. The summed E-state index contributed by atoms with van der Waals surface area (Å²) < 4.78 is 16.0. The van der Waals surface area contributed by atoms with Crippen LogP contribution in [0.2, 0.25) is 0 Å². The predicted molar refractivity (Wildman–Crippen MR) is 94.9 cm³/mol. The quantitative estimate of drug-likeness (QED) is 0.727. The predicted octanol–water partition coefficient (Wildman–Crippen LogP) is 2.76. The van der Waals surface area contributed by atoms with Crippen molar-refractivity contribution in [2.24, 2.45) is 0 Å². The van der Waals surface area contributed by atoms with Gasteiger partial charge in [-0.2, -0.15) is 0 Å². The summed E-state index contributed by atoms with van der Waals surface area (Å²) in [6, 6.07) is 16.1. The van der Waals surface area contributed by atoms with Gasteiger partial charge in [-0.3, -0.25) is 4.79 Å². The zero-order chi connectivity index (χ0) is 18.1. The van der Waals surface area contributed by atoms with Gasteiger partial charge in [0.1, 0.15) is 17.7 Å². The Balaban J connectivity index is 1.72. The van der Waals surface area contributed by atoms with E-state index in [1.54, 1.807) is 30.1 Å². The van der Waals surface area contributed by atoms with E-state index in [1.807, 2.05) is 34.9 Å². The molecule has 2 heterocycles. The number of likely N-dealkylation sites (N-methyl/N-ethyl adjacent to an activating group) is 1. The summed E-state index contributed by atoms with van der Waals surface area (Å²) in [5.74, 6) is 1.10. The van der Waals surface area contributed by atoms with Crippen molar-refractivity contribution in [2.45, 2.75) is 25.4 Å². The second-order valence-corrected chi connectivity index (χ2v) is 6.57. The van der Waals surface area contributed by atoms with E-state index in [0.29, 0.717) is 30.8 Å². The van der Waals surface area contributed by atoms with Crippen LogP contribution in [-0.2, 0) is 24.2 Å². The second-order valence-electron chi connectivity index (χ2n) is 6.57. The van der Waals surface area contributed by atoms with Crippen LogP contribution in [0, 0.1) is 5.82 Å². The maximum Gasteiger partial charge on any atom is 0.246 e.